The number of aromatic nitrogens is 3. The topological polar surface area (TPSA) is 21.7 Å². The van der Waals surface area contributed by atoms with E-state index in [9.17, 15) is 0 Å². The average Bonchev–Trinajstić information content (AvgIpc) is 3.64. The quantitative estimate of drug-likeness (QED) is 0.205. The summed E-state index contributed by atoms with van der Waals surface area (Å²) in [6.07, 6.45) is 0. The first kappa shape index (κ1) is 20.1. The molecule has 0 saturated heterocycles. The highest BCUT2D eigenvalue weighted by molar-refractivity contribution is 6.22. The van der Waals surface area contributed by atoms with Crippen LogP contribution in [0.5, 0.6) is 0 Å². The molecule has 0 atom stereocenters. The minimum Gasteiger partial charge on any atom is -0.277 e. The molecule has 3 aromatic heterocycles. The summed E-state index contributed by atoms with van der Waals surface area (Å²) in [6, 6.07) is 38.0. The molecule has 182 valence electrons. The van der Waals surface area contributed by atoms with Gasteiger partial charge in [0.2, 0.25) is 5.78 Å². The van der Waals surface area contributed by atoms with Crippen molar-refractivity contribution in [3.63, 3.8) is 0 Å². The number of hydrogen-bond acceptors (Lipinski definition) is 1. The molecule has 1 aliphatic rings. The maximum absolute atomic E-state index is 5.33. The second-order valence-corrected chi connectivity index (χ2v) is 11.7. The summed E-state index contributed by atoms with van der Waals surface area (Å²) in [7, 11) is 0. The van der Waals surface area contributed by atoms with E-state index in [-0.39, 0.29) is 5.41 Å². The van der Waals surface area contributed by atoms with E-state index in [2.05, 4.69) is 126 Å². The van der Waals surface area contributed by atoms with Gasteiger partial charge in [0.25, 0.3) is 0 Å². The van der Waals surface area contributed by atoms with Gasteiger partial charge in [0.15, 0.2) is 0 Å². The molecular weight excluding hydrogens is 474 g/mol. The van der Waals surface area contributed by atoms with Crippen LogP contribution >= 0.6 is 0 Å². The van der Waals surface area contributed by atoms with Gasteiger partial charge in [-0.1, -0.05) is 86.6 Å². The number of nitrogens with zero attached hydrogens (tertiary/aromatic N) is 3. The summed E-state index contributed by atoms with van der Waals surface area (Å²) in [5, 5.41) is 7.59. The van der Waals surface area contributed by atoms with Crippen LogP contribution in [0.4, 0.5) is 0 Å². The van der Waals surface area contributed by atoms with Crippen LogP contribution in [-0.4, -0.2) is 13.8 Å². The van der Waals surface area contributed by atoms with Gasteiger partial charge in [0, 0.05) is 21.8 Å². The molecule has 0 bridgehead atoms. The fraction of sp³-hybridized carbons (Fsp3) is 0.0833. The highest BCUT2D eigenvalue weighted by Crippen LogP contribution is 2.54. The molecule has 0 aliphatic heterocycles. The molecule has 6 aromatic carbocycles. The molecule has 10 rings (SSSR count). The highest BCUT2D eigenvalue weighted by Gasteiger charge is 2.39. The molecule has 3 heterocycles. The predicted molar refractivity (Wildman–Crippen MR) is 162 cm³/mol. The van der Waals surface area contributed by atoms with E-state index in [4.69, 9.17) is 4.98 Å². The van der Waals surface area contributed by atoms with Crippen molar-refractivity contribution in [3.8, 4) is 11.1 Å². The SMILES string of the molecule is CC1(C)c2ccccc2-c2c1cc1c3cc4ccccc4cc3n3c1c2n1c2cc4ccccc4cc2nc13. The lowest BCUT2D eigenvalue weighted by atomic mass is 9.82. The van der Waals surface area contributed by atoms with Crippen molar-refractivity contribution in [1.82, 2.24) is 13.8 Å². The van der Waals surface area contributed by atoms with E-state index in [1.165, 1.54) is 76.6 Å². The Morgan fingerprint density at radius 2 is 1.18 bits per heavy atom. The summed E-state index contributed by atoms with van der Waals surface area (Å²) in [5.41, 5.74) is 11.4. The van der Waals surface area contributed by atoms with Gasteiger partial charge in [-0.2, -0.15) is 0 Å². The van der Waals surface area contributed by atoms with E-state index in [1.807, 2.05) is 0 Å². The fourth-order valence-corrected chi connectivity index (χ4v) is 7.54. The molecule has 0 N–H and O–H groups in total. The molecule has 0 fully saturated rings. The van der Waals surface area contributed by atoms with Gasteiger partial charge >= 0.3 is 0 Å². The second-order valence-electron chi connectivity index (χ2n) is 11.7. The maximum Gasteiger partial charge on any atom is 0.220 e. The lowest BCUT2D eigenvalue weighted by Crippen LogP contribution is -2.14. The lowest BCUT2D eigenvalue weighted by Gasteiger charge is -2.21. The monoisotopic (exact) mass is 497 g/mol. The number of fused-ring (bicyclic) bond motifs is 14. The predicted octanol–water partition coefficient (Wildman–Crippen LogP) is 9.10. The van der Waals surface area contributed by atoms with Crippen LogP contribution in [-0.2, 0) is 5.41 Å². The van der Waals surface area contributed by atoms with Gasteiger partial charge in [0.05, 0.1) is 27.6 Å². The average molecular weight is 498 g/mol. The van der Waals surface area contributed by atoms with Gasteiger partial charge in [-0.05, 0) is 68.6 Å². The van der Waals surface area contributed by atoms with E-state index in [1.54, 1.807) is 0 Å². The molecule has 0 saturated carbocycles. The van der Waals surface area contributed by atoms with Crippen molar-refractivity contribution in [2.75, 3.05) is 0 Å². The first-order valence-corrected chi connectivity index (χ1v) is 13.7. The molecule has 3 heteroatoms. The van der Waals surface area contributed by atoms with Crippen LogP contribution in [0, 0.1) is 0 Å². The Hall–Kier alpha value is -4.89. The van der Waals surface area contributed by atoms with Crippen molar-refractivity contribution in [2.45, 2.75) is 19.3 Å². The molecule has 0 spiro atoms. The smallest absolute Gasteiger partial charge is 0.220 e. The third-order valence-electron chi connectivity index (χ3n) is 9.36. The van der Waals surface area contributed by atoms with Crippen LogP contribution in [0.1, 0.15) is 25.0 Å². The maximum atomic E-state index is 5.33. The van der Waals surface area contributed by atoms with Crippen LogP contribution in [0.15, 0.2) is 103 Å². The lowest BCUT2D eigenvalue weighted by molar-refractivity contribution is 0.661. The third-order valence-corrected chi connectivity index (χ3v) is 9.36. The normalized spacial score (nSPS) is 14.6. The molecule has 1 aliphatic carbocycles. The van der Waals surface area contributed by atoms with E-state index in [0.717, 1.165) is 11.3 Å². The first-order chi connectivity index (χ1) is 19.1. The van der Waals surface area contributed by atoms with Gasteiger partial charge in [-0.15, -0.1) is 0 Å². The Labute approximate surface area is 223 Å². The molecule has 9 aromatic rings. The van der Waals surface area contributed by atoms with Crippen LogP contribution < -0.4 is 0 Å². The largest absolute Gasteiger partial charge is 0.277 e. The van der Waals surface area contributed by atoms with Crippen molar-refractivity contribution < 1.29 is 0 Å². The Bertz CT molecular complexity index is 2520. The molecule has 3 nitrogen and oxygen atoms in total. The number of hydrogen-bond donors (Lipinski definition) is 0. The molecule has 39 heavy (non-hydrogen) atoms. The molecule has 0 amide bonds. The van der Waals surface area contributed by atoms with Crippen LogP contribution in [0.3, 0.4) is 0 Å². The molecule has 0 radical (unpaired) electrons. The Morgan fingerprint density at radius 3 is 1.95 bits per heavy atom. The highest BCUT2D eigenvalue weighted by atomic mass is 15.2. The standard InChI is InChI=1S/C36H23N3/c1-36(2)27-14-8-7-13-24(27)32-28(36)19-26-25-15-20-9-3-5-11-22(20)17-30(25)38-33(26)34(32)39-31-18-23-12-6-4-10-21(23)16-29(31)37-35(38)39/h3-19H,1-2H3. The van der Waals surface area contributed by atoms with E-state index >= 15 is 0 Å². The summed E-state index contributed by atoms with van der Waals surface area (Å²) in [4.78, 5) is 5.33. The fourth-order valence-electron chi connectivity index (χ4n) is 7.54. The Morgan fingerprint density at radius 1 is 0.564 bits per heavy atom. The molecule has 0 unspecified atom stereocenters. The number of rotatable bonds is 0. The van der Waals surface area contributed by atoms with Crippen molar-refractivity contribution in [1.29, 1.82) is 0 Å². The van der Waals surface area contributed by atoms with Gasteiger partial charge in [-0.3, -0.25) is 8.80 Å². The summed E-state index contributed by atoms with van der Waals surface area (Å²) in [6.45, 7) is 4.75. The van der Waals surface area contributed by atoms with Crippen LogP contribution in [0.2, 0.25) is 0 Å². The number of benzene rings is 6. The summed E-state index contributed by atoms with van der Waals surface area (Å²) >= 11 is 0. The van der Waals surface area contributed by atoms with Crippen molar-refractivity contribution in [2.24, 2.45) is 0 Å². The zero-order chi connectivity index (χ0) is 25.6. The summed E-state index contributed by atoms with van der Waals surface area (Å²) in [5.74, 6) is 0.987. The molecular formula is C36H23N3. The Balaban J connectivity index is 1.54. The third kappa shape index (κ3) is 2.22. The van der Waals surface area contributed by atoms with Crippen molar-refractivity contribution >= 4 is 65.7 Å². The van der Waals surface area contributed by atoms with Gasteiger partial charge in [0.1, 0.15) is 0 Å². The van der Waals surface area contributed by atoms with E-state index in [0.29, 0.717) is 0 Å². The first-order valence-electron chi connectivity index (χ1n) is 13.7. The second kappa shape index (κ2) is 6.39. The van der Waals surface area contributed by atoms with Gasteiger partial charge in [-0.25, -0.2) is 4.98 Å². The zero-order valence-electron chi connectivity index (χ0n) is 21.7. The van der Waals surface area contributed by atoms with Gasteiger partial charge < -0.3 is 0 Å². The zero-order valence-corrected chi connectivity index (χ0v) is 21.7. The number of imidazole rings is 2. The summed E-state index contributed by atoms with van der Waals surface area (Å²) < 4.78 is 4.86. The van der Waals surface area contributed by atoms with Crippen molar-refractivity contribution in [3.05, 3.63) is 114 Å². The van der Waals surface area contributed by atoms with E-state index < -0.39 is 0 Å². The minimum atomic E-state index is -0.0896. The minimum absolute atomic E-state index is 0.0896. The van der Waals surface area contributed by atoms with Crippen LogP contribution in [0.25, 0.3) is 76.8 Å². The Kier molecular flexibility index (Phi) is 3.30.